The van der Waals surface area contributed by atoms with E-state index < -0.39 is 30.8 Å². The van der Waals surface area contributed by atoms with Gasteiger partial charge in [0.05, 0.1) is 6.04 Å². The second-order valence-electron chi connectivity index (χ2n) is 3.39. The Labute approximate surface area is 110 Å². The van der Waals surface area contributed by atoms with E-state index in [1.165, 1.54) is 0 Å². The molecule has 0 aromatic heterocycles. The molecule has 0 bridgehead atoms. The lowest BCUT2D eigenvalue weighted by molar-refractivity contribution is -0.253. The van der Waals surface area contributed by atoms with E-state index in [2.05, 4.69) is 4.74 Å². The van der Waals surface area contributed by atoms with Gasteiger partial charge in [-0.05, 0) is 17.7 Å². The molecule has 2 nitrogen and oxygen atoms in total. The fourth-order valence-electron chi connectivity index (χ4n) is 1.11. The third-order valence-corrected chi connectivity index (χ3v) is 2.04. The molecule has 1 aromatic carbocycles. The highest BCUT2D eigenvalue weighted by atomic mass is 35.5. The number of rotatable bonds is 5. The zero-order chi connectivity index (χ0) is 13.9. The smallest absolute Gasteiger partial charge is 0.428 e. The van der Waals surface area contributed by atoms with Crippen LogP contribution in [0.2, 0.25) is 0 Å². The average Bonchev–Trinajstić information content (AvgIpc) is 2.28. The molecule has 0 amide bonds. The van der Waals surface area contributed by atoms with Crippen molar-refractivity contribution in [3.63, 3.8) is 0 Å². The summed E-state index contributed by atoms with van der Waals surface area (Å²) >= 11 is 0. The topological polar surface area (TPSA) is 35.2 Å². The van der Waals surface area contributed by atoms with E-state index in [1.807, 2.05) is 0 Å². The standard InChI is InChI=1S/C10H9F6NO.ClH/c11-8(12)7(17)5-1-3-6(4-2-5)18-10(15,16)9(13)14;/h1-4,7-9H,17H2;1H/t7-;/m1./s1. The lowest BCUT2D eigenvalue weighted by atomic mass is 10.1. The van der Waals surface area contributed by atoms with E-state index in [0.29, 0.717) is 0 Å². The van der Waals surface area contributed by atoms with Crippen LogP contribution in [0.25, 0.3) is 0 Å². The minimum atomic E-state index is -4.63. The van der Waals surface area contributed by atoms with E-state index in [1.54, 1.807) is 0 Å². The Bertz CT molecular complexity index is 386. The Balaban J connectivity index is 0.00000324. The molecule has 0 aliphatic heterocycles. The predicted molar refractivity (Wildman–Crippen MR) is 58.2 cm³/mol. The molecular formula is C10H10ClF6NO. The van der Waals surface area contributed by atoms with Gasteiger partial charge in [0, 0.05) is 0 Å². The SMILES string of the molecule is Cl.N[C@H](c1ccc(OC(F)(F)C(F)F)cc1)C(F)F. The second-order valence-corrected chi connectivity index (χ2v) is 3.39. The Morgan fingerprint density at radius 3 is 1.84 bits per heavy atom. The van der Waals surface area contributed by atoms with Crippen LogP contribution in [0.15, 0.2) is 24.3 Å². The third kappa shape index (κ3) is 4.79. The fourth-order valence-corrected chi connectivity index (χ4v) is 1.11. The number of hydrogen-bond acceptors (Lipinski definition) is 2. The molecule has 9 heteroatoms. The summed E-state index contributed by atoms with van der Waals surface area (Å²) in [4.78, 5) is 0. The van der Waals surface area contributed by atoms with E-state index in [0.717, 1.165) is 24.3 Å². The number of benzene rings is 1. The van der Waals surface area contributed by atoms with Crippen LogP contribution in [0.3, 0.4) is 0 Å². The van der Waals surface area contributed by atoms with Gasteiger partial charge >= 0.3 is 12.5 Å². The van der Waals surface area contributed by atoms with Crippen molar-refractivity contribution < 1.29 is 31.1 Å². The van der Waals surface area contributed by atoms with Crippen LogP contribution in [-0.4, -0.2) is 19.0 Å². The minimum Gasteiger partial charge on any atom is -0.428 e. The van der Waals surface area contributed by atoms with E-state index in [-0.39, 0.29) is 18.0 Å². The van der Waals surface area contributed by atoms with Gasteiger partial charge in [0.25, 0.3) is 6.43 Å². The molecule has 0 heterocycles. The zero-order valence-electron chi connectivity index (χ0n) is 9.20. The number of ether oxygens (including phenoxy) is 1. The molecule has 2 N–H and O–H groups in total. The predicted octanol–water partition coefficient (Wildman–Crippen LogP) is 3.61. The molecule has 1 rings (SSSR count). The fraction of sp³-hybridized carbons (Fsp3) is 0.400. The largest absolute Gasteiger partial charge is 0.461 e. The van der Waals surface area contributed by atoms with Crippen molar-refractivity contribution in [2.75, 3.05) is 0 Å². The van der Waals surface area contributed by atoms with E-state index in [4.69, 9.17) is 5.73 Å². The highest BCUT2D eigenvalue weighted by Crippen LogP contribution is 2.28. The number of nitrogens with two attached hydrogens (primary N) is 1. The van der Waals surface area contributed by atoms with Crippen molar-refractivity contribution >= 4 is 12.4 Å². The van der Waals surface area contributed by atoms with Gasteiger partial charge in [-0.2, -0.15) is 17.6 Å². The van der Waals surface area contributed by atoms with Gasteiger partial charge in [0.1, 0.15) is 5.75 Å². The quantitative estimate of drug-likeness (QED) is 0.843. The first-order valence-corrected chi connectivity index (χ1v) is 4.72. The molecule has 0 spiro atoms. The molecule has 110 valence electrons. The third-order valence-electron chi connectivity index (χ3n) is 2.04. The first-order valence-electron chi connectivity index (χ1n) is 4.72. The summed E-state index contributed by atoms with van der Waals surface area (Å²) in [6.07, 6.45) is -11.4. The molecule has 0 saturated carbocycles. The first-order chi connectivity index (χ1) is 8.24. The summed E-state index contributed by atoms with van der Waals surface area (Å²) < 4.78 is 76.8. The van der Waals surface area contributed by atoms with Crippen LogP contribution in [0.5, 0.6) is 5.75 Å². The summed E-state index contributed by atoms with van der Waals surface area (Å²) in [6.45, 7) is 0. The van der Waals surface area contributed by atoms with Crippen molar-refractivity contribution in [3.05, 3.63) is 29.8 Å². The highest BCUT2D eigenvalue weighted by Gasteiger charge is 2.43. The maximum Gasteiger partial charge on any atom is 0.461 e. The average molecular weight is 310 g/mol. The number of alkyl halides is 6. The van der Waals surface area contributed by atoms with Crippen LogP contribution in [0, 0.1) is 0 Å². The molecule has 0 saturated heterocycles. The van der Waals surface area contributed by atoms with Gasteiger partial charge in [0.2, 0.25) is 0 Å². The molecule has 0 unspecified atom stereocenters. The summed E-state index contributed by atoms with van der Waals surface area (Å²) in [5.41, 5.74) is 5.09. The number of hydrogen-bond donors (Lipinski definition) is 1. The van der Waals surface area contributed by atoms with E-state index in [9.17, 15) is 26.3 Å². The van der Waals surface area contributed by atoms with Crippen molar-refractivity contribution in [2.24, 2.45) is 5.73 Å². The van der Waals surface area contributed by atoms with Crippen LogP contribution in [0.1, 0.15) is 11.6 Å². The second kappa shape index (κ2) is 6.85. The van der Waals surface area contributed by atoms with Crippen LogP contribution in [0.4, 0.5) is 26.3 Å². The van der Waals surface area contributed by atoms with Crippen molar-refractivity contribution in [1.29, 1.82) is 0 Å². The molecule has 0 radical (unpaired) electrons. The maximum atomic E-state index is 12.5. The first kappa shape index (κ1) is 17.8. The van der Waals surface area contributed by atoms with Gasteiger partial charge in [-0.15, -0.1) is 12.4 Å². The molecule has 1 aromatic rings. The monoisotopic (exact) mass is 309 g/mol. The van der Waals surface area contributed by atoms with Crippen molar-refractivity contribution in [2.45, 2.75) is 25.0 Å². The molecule has 0 aliphatic rings. The lowest BCUT2D eigenvalue weighted by Gasteiger charge is -2.17. The summed E-state index contributed by atoms with van der Waals surface area (Å²) in [6, 6.07) is 2.18. The van der Waals surface area contributed by atoms with Crippen molar-refractivity contribution in [3.8, 4) is 5.75 Å². The summed E-state index contributed by atoms with van der Waals surface area (Å²) in [5.74, 6) is -0.564. The van der Waals surface area contributed by atoms with E-state index >= 15 is 0 Å². The minimum absolute atomic E-state index is 0. The lowest BCUT2D eigenvalue weighted by Crippen LogP contribution is -2.33. The molecule has 19 heavy (non-hydrogen) atoms. The van der Waals surface area contributed by atoms with Gasteiger partial charge in [-0.3, -0.25) is 0 Å². The Morgan fingerprint density at radius 2 is 1.47 bits per heavy atom. The van der Waals surface area contributed by atoms with Crippen LogP contribution in [-0.2, 0) is 0 Å². The molecule has 0 aliphatic carbocycles. The van der Waals surface area contributed by atoms with Gasteiger partial charge in [-0.25, -0.2) is 8.78 Å². The summed E-state index contributed by atoms with van der Waals surface area (Å²) in [5, 5.41) is 0. The van der Waals surface area contributed by atoms with Gasteiger partial charge < -0.3 is 10.5 Å². The Hall–Kier alpha value is -1.15. The highest BCUT2D eigenvalue weighted by molar-refractivity contribution is 5.85. The summed E-state index contributed by atoms with van der Waals surface area (Å²) in [7, 11) is 0. The maximum absolute atomic E-state index is 12.5. The van der Waals surface area contributed by atoms with Gasteiger partial charge in [0.15, 0.2) is 0 Å². The van der Waals surface area contributed by atoms with Gasteiger partial charge in [-0.1, -0.05) is 12.1 Å². The Morgan fingerprint density at radius 1 is 1.00 bits per heavy atom. The van der Waals surface area contributed by atoms with Crippen LogP contribution < -0.4 is 10.5 Å². The molecular weight excluding hydrogens is 300 g/mol. The normalized spacial score (nSPS) is 13.3. The molecule has 0 fully saturated rings. The van der Waals surface area contributed by atoms with Crippen molar-refractivity contribution in [1.82, 2.24) is 0 Å². The van der Waals surface area contributed by atoms with Crippen LogP contribution >= 0.6 is 12.4 Å². The molecule has 1 atom stereocenters. The Kier molecular flexibility index (Phi) is 6.44. The zero-order valence-corrected chi connectivity index (χ0v) is 10.0. The number of halogens is 7.